The van der Waals surface area contributed by atoms with E-state index >= 15 is 0 Å². The molecule has 2 aliphatic rings. The van der Waals surface area contributed by atoms with Gasteiger partial charge in [-0.05, 0) is 36.1 Å². The third kappa shape index (κ3) is 5.74. The third-order valence-electron chi connectivity index (χ3n) is 6.53. The van der Waals surface area contributed by atoms with Gasteiger partial charge in [0, 0.05) is 28.9 Å². The maximum atomic E-state index is 13.2. The Morgan fingerprint density at radius 3 is 2.62 bits per heavy atom. The molecule has 0 spiro atoms. The smallest absolute Gasteiger partial charge is 0.282 e. The molecule has 3 aromatic rings. The first-order chi connectivity index (χ1) is 17.8. The summed E-state index contributed by atoms with van der Waals surface area (Å²) in [5, 5.41) is 6.35. The van der Waals surface area contributed by atoms with Crippen LogP contribution < -0.4 is 0 Å². The van der Waals surface area contributed by atoms with Gasteiger partial charge in [-0.2, -0.15) is 5.10 Å². The number of carbonyl (C=O) groups excluding carboxylic acids is 1. The Morgan fingerprint density at radius 1 is 1.14 bits per heavy atom. The molecule has 2 aromatic heterocycles. The number of ether oxygens (including phenoxy) is 2. The van der Waals surface area contributed by atoms with Gasteiger partial charge in [0.1, 0.15) is 23.6 Å². The number of hydrogen-bond acceptors (Lipinski definition) is 6. The Balaban J connectivity index is 1.17. The molecule has 1 aromatic carbocycles. The highest BCUT2D eigenvalue weighted by atomic mass is 79.9. The van der Waals surface area contributed by atoms with Crippen LogP contribution in [0, 0.1) is 0 Å². The van der Waals surface area contributed by atoms with Crippen molar-refractivity contribution >= 4 is 33.2 Å². The summed E-state index contributed by atoms with van der Waals surface area (Å²) in [5.74, 6) is -0.304. The Labute approximate surface area is 222 Å². The number of rotatable bonds is 6. The van der Waals surface area contributed by atoms with Crippen molar-refractivity contribution in [1.82, 2.24) is 19.7 Å². The third-order valence-corrected chi connectivity index (χ3v) is 8.29. The van der Waals surface area contributed by atoms with Gasteiger partial charge in [-0.25, -0.2) is 22.5 Å². The minimum Gasteiger partial charge on any atom is -0.342 e. The van der Waals surface area contributed by atoms with Crippen molar-refractivity contribution in [3.8, 4) is 0 Å². The van der Waals surface area contributed by atoms with E-state index in [1.807, 2.05) is 23.6 Å². The lowest BCUT2D eigenvalue weighted by Crippen LogP contribution is -2.40. The Morgan fingerprint density at radius 2 is 1.89 bits per heavy atom. The standard InChI is InChI=1S/C24H23BrF4N4O3S/c25-16-3-1-2-14-10-35-24(36-11-15(14)16)18-12-37-23(30-18)13-4-6-32(7-5-13)20(34)9-33-19(22(28)29)8-17(31-33)21(26)27/h1-3,8,12-13,21-22,24H,4-7,9-11H2. The fraction of sp³-hybridized carbons (Fsp3) is 0.458. The second-order valence-electron chi connectivity index (χ2n) is 8.85. The maximum absolute atomic E-state index is 13.2. The zero-order chi connectivity index (χ0) is 26.1. The number of fused-ring (bicyclic) bond motifs is 1. The lowest BCUT2D eigenvalue weighted by molar-refractivity contribution is -0.155. The largest absolute Gasteiger partial charge is 0.342 e. The first kappa shape index (κ1) is 26.3. The summed E-state index contributed by atoms with van der Waals surface area (Å²) in [7, 11) is 0. The number of aromatic nitrogens is 3. The predicted molar refractivity (Wildman–Crippen MR) is 129 cm³/mol. The van der Waals surface area contributed by atoms with E-state index in [1.165, 1.54) is 11.3 Å². The first-order valence-electron chi connectivity index (χ1n) is 11.7. The second-order valence-corrected chi connectivity index (χ2v) is 10.6. The van der Waals surface area contributed by atoms with E-state index in [9.17, 15) is 22.4 Å². The SMILES string of the molecule is O=C(Cn1nc(C(F)F)cc1C(F)F)N1CCC(c2nc(C3OCc4cccc(Br)c4CO3)cs2)CC1. The molecular formula is C24H23BrF4N4O3S. The van der Waals surface area contributed by atoms with Crippen LogP contribution in [-0.2, 0) is 34.0 Å². The van der Waals surface area contributed by atoms with E-state index in [1.54, 1.807) is 4.90 Å². The van der Waals surface area contributed by atoms with Gasteiger partial charge in [0.15, 0.2) is 0 Å². The molecule has 7 nitrogen and oxygen atoms in total. The second kappa shape index (κ2) is 11.2. The molecule has 0 saturated carbocycles. The Kier molecular flexibility index (Phi) is 7.93. The molecule has 198 valence electrons. The Bertz CT molecular complexity index is 1260. The summed E-state index contributed by atoms with van der Waals surface area (Å²) in [6, 6.07) is 6.58. The van der Waals surface area contributed by atoms with Gasteiger partial charge < -0.3 is 14.4 Å². The molecule has 0 bridgehead atoms. The number of amides is 1. The van der Waals surface area contributed by atoms with Gasteiger partial charge >= 0.3 is 0 Å². The summed E-state index contributed by atoms with van der Waals surface area (Å²) < 4.78 is 65.8. The molecule has 2 aliphatic heterocycles. The number of likely N-dealkylation sites (tertiary alicyclic amines) is 1. The van der Waals surface area contributed by atoms with Crippen molar-refractivity contribution in [2.24, 2.45) is 0 Å². The molecule has 5 rings (SSSR count). The summed E-state index contributed by atoms with van der Waals surface area (Å²) in [5.41, 5.74) is 1.37. The van der Waals surface area contributed by atoms with Gasteiger partial charge in [0.05, 0.1) is 18.2 Å². The van der Waals surface area contributed by atoms with Gasteiger partial charge in [-0.15, -0.1) is 11.3 Å². The van der Waals surface area contributed by atoms with E-state index in [-0.39, 0.29) is 5.92 Å². The minimum absolute atomic E-state index is 0.131. The topological polar surface area (TPSA) is 69.5 Å². The van der Waals surface area contributed by atoms with Crippen LogP contribution >= 0.6 is 27.3 Å². The van der Waals surface area contributed by atoms with Crippen LogP contribution in [-0.4, -0.2) is 38.7 Å². The highest BCUT2D eigenvalue weighted by Gasteiger charge is 2.29. The number of carbonyl (C=O) groups is 1. The van der Waals surface area contributed by atoms with Gasteiger partial charge in [0.2, 0.25) is 12.2 Å². The molecule has 1 saturated heterocycles. The molecule has 1 amide bonds. The maximum Gasteiger partial charge on any atom is 0.282 e. The lowest BCUT2D eigenvalue weighted by atomic mass is 9.97. The molecule has 37 heavy (non-hydrogen) atoms. The predicted octanol–water partition coefficient (Wildman–Crippen LogP) is 6.13. The number of piperidine rings is 1. The van der Waals surface area contributed by atoms with Crippen molar-refractivity contribution in [2.75, 3.05) is 13.1 Å². The van der Waals surface area contributed by atoms with Crippen LogP contribution in [0.4, 0.5) is 17.6 Å². The van der Waals surface area contributed by atoms with Crippen molar-refractivity contribution in [2.45, 2.75) is 57.7 Å². The monoisotopic (exact) mass is 602 g/mol. The molecule has 1 unspecified atom stereocenters. The highest BCUT2D eigenvalue weighted by molar-refractivity contribution is 9.10. The fourth-order valence-corrected chi connectivity index (χ4v) is 6.02. The molecule has 13 heteroatoms. The quantitative estimate of drug-likeness (QED) is 0.318. The number of hydrogen-bond donors (Lipinski definition) is 0. The van der Waals surface area contributed by atoms with Gasteiger partial charge in [0.25, 0.3) is 12.9 Å². The average molecular weight is 603 g/mol. The minimum atomic E-state index is -3.00. The Hall–Kier alpha value is -2.35. The fourth-order valence-electron chi connectivity index (χ4n) is 4.50. The van der Waals surface area contributed by atoms with E-state index in [0.717, 1.165) is 20.6 Å². The van der Waals surface area contributed by atoms with Gasteiger partial charge in [-0.3, -0.25) is 9.48 Å². The zero-order valence-corrected chi connectivity index (χ0v) is 21.9. The molecule has 0 aliphatic carbocycles. The number of alkyl halides is 4. The number of benzene rings is 1. The van der Waals surface area contributed by atoms with Crippen molar-refractivity contribution in [1.29, 1.82) is 0 Å². The van der Waals surface area contributed by atoms with E-state index in [4.69, 9.17) is 14.5 Å². The number of thiazole rings is 1. The van der Waals surface area contributed by atoms with Crippen molar-refractivity contribution in [3.05, 3.63) is 67.3 Å². The summed E-state index contributed by atoms with van der Waals surface area (Å²) >= 11 is 5.07. The van der Waals surface area contributed by atoms with Crippen LogP contribution in [0.3, 0.4) is 0 Å². The van der Waals surface area contributed by atoms with Crippen LogP contribution in [0.25, 0.3) is 0 Å². The van der Waals surface area contributed by atoms with Crippen molar-refractivity contribution in [3.63, 3.8) is 0 Å². The van der Waals surface area contributed by atoms with E-state index in [0.29, 0.717) is 55.6 Å². The molecule has 0 radical (unpaired) electrons. The number of halogens is 5. The summed E-state index contributed by atoms with van der Waals surface area (Å²) in [4.78, 5) is 19.0. The van der Waals surface area contributed by atoms with Gasteiger partial charge in [-0.1, -0.05) is 28.1 Å². The first-order valence-corrected chi connectivity index (χ1v) is 13.3. The molecule has 0 N–H and O–H groups in total. The van der Waals surface area contributed by atoms with Crippen LogP contribution in [0.2, 0.25) is 0 Å². The number of nitrogens with zero attached hydrogens (tertiary/aromatic N) is 4. The zero-order valence-electron chi connectivity index (χ0n) is 19.5. The molecular weight excluding hydrogens is 580 g/mol. The lowest BCUT2D eigenvalue weighted by Gasteiger charge is -2.31. The average Bonchev–Trinajstić information content (AvgIpc) is 3.48. The van der Waals surface area contributed by atoms with Crippen molar-refractivity contribution < 1.29 is 31.8 Å². The molecule has 1 atom stereocenters. The van der Waals surface area contributed by atoms with E-state index in [2.05, 4.69) is 21.0 Å². The van der Waals surface area contributed by atoms with Crippen LogP contribution in [0.5, 0.6) is 0 Å². The van der Waals surface area contributed by atoms with E-state index < -0.39 is 43.0 Å². The summed E-state index contributed by atoms with van der Waals surface area (Å²) in [6.07, 6.45) is -5.28. The summed E-state index contributed by atoms with van der Waals surface area (Å²) in [6.45, 7) is 1.12. The van der Waals surface area contributed by atoms with Crippen LogP contribution in [0.1, 0.15) is 71.1 Å². The normalized spacial score (nSPS) is 18.9. The molecule has 4 heterocycles. The molecule has 1 fully saturated rings. The van der Waals surface area contributed by atoms with Crippen LogP contribution in [0.15, 0.2) is 34.1 Å². The highest BCUT2D eigenvalue weighted by Crippen LogP contribution is 2.35.